The fourth-order valence-electron chi connectivity index (χ4n) is 9.13. The number of rotatable bonds is 6. The first kappa shape index (κ1) is 32.9. The van der Waals surface area contributed by atoms with E-state index >= 15 is 0 Å². The first-order chi connectivity index (χ1) is 28.7. The molecule has 0 unspecified atom stereocenters. The molecule has 270 valence electrons. The monoisotopic (exact) mass is 753 g/mol. The third kappa shape index (κ3) is 5.23. The van der Waals surface area contributed by atoms with E-state index < -0.39 is 0 Å². The molecule has 0 fully saturated rings. The summed E-state index contributed by atoms with van der Waals surface area (Å²) < 4.78 is 2.66. The fraction of sp³-hybridized carbons (Fsp3) is 0. The fourth-order valence-corrected chi connectivity index (χ4v) is 10.4. The van der Waals surface area contributed by atoms with Crippen molar-refractivity contribution in [1.29, 1.82) is 0 Å². The van der Waals surface area contributed by atoms with Gasteiger partial charge in [0.25, 0.3) is 0 Å². The second-order valence-electron chi connectivity index (χ2n) is 15.3. The summed E-state index contributed by atoms with van der Waals surface area (Å²) in [5.74, 6) is 0. The molecule has 0 radical (unpaired) electrons. The highest BCUT2D eigenvalue weighted by Crippen LogP contribution is 2.58. The predicted octanol–water partition coefficient (Wildman–Crippen LogP) is 16.5. The van der Waals surface area contributed by atoms with Crippen LogP contribution in [0.2, 0.25) is 0 Å². The largest absolute Gasteiger partial charge is 0.309 e. The number of anilines is 3. The van der Waals surface area contributed by atoms with E-state index in [0.29, 0.717) is 0 Å². The third-order valence-corrected chi connectivity index (χ3v) is 13.2. The summed E-state index contributed by atoms with van der Waals surface area (Å²) in [6, 6.07) is 78.1. The molecule has 10 aromatic carbocycles. The van der Waals surface area contributed by atoms with E-state index in [-0.39, 0.29) is 0 Å². The molecule has 11 aromatic rings. The van der Waals surface area contributed by atoms with Crippen LogP contribution in [0.15, 0.2) is 212 Å². The van der Waals surface area contributed by atoms with Crippen molar-refractivity contribution in [2.75, 3.05) is 4.90 Å². The molecule has 0 saturated carbocycles. The second-order valence-corrected chi connectivity index (χ2v) is 16.3. The summed E-state index contributed by atoms with van der Waals surface area (Å²) in [5, 5.41) is 7.63. The molecule has 1 aromatic heterocycles. The van der Waals surface area contributed by atoms with Crippen LogP contribution in [-0.2, 0) is 0 Å². The zero-order valence-corrected chi connectivity index (χ0v) is 32.4. The molecule has 2 heteroatoms. The van der Waals surface area contributed by atoms with Gasteiger partial charge in [0.1, 0.15) is 0 Å². The lowest BCUT2D eigenvalue weighted by Gasteiger charge is -2.35. The summed E-state index contributed by atoms with van der Waals surface area (Å²) in [6.07, 6.45) is 0. The quantitative estimate of drug-likeness (QED) is 0.163. The Balaban J connectivity index is 1.05. The van der Waals surface area contributed by atoms with Gasteiger partial charge in [-0.1, -0.05) is 158 Å². The molecule has 0 aliphatic heterocycles. The zero-order chi connectivity index (χ0) is 38.2. The van der Waals surface area contributed by atoms with Crippen LogP contribution in [0.3, 0.4) is 0 Å². The van der Waals surface area contributed by atoms with Gasteiger partial charge in [-0.05, 0) is 121 Å². The van der Waals surface area contributed by atoms with Crippen LogP contribution in [0.5, 0.6) is 0 Å². The van der Waals surface area contributed by atoms with Crippen LogP contribution in [0.4, 0.5) is 17.1 Å². The molecule has 58 heavy (non-hydrogen) atoms. The smallest absolute Gasteiger partial charge is 0.0624 e. The van der Waals surface area contributed by atoms with Gasteiger partial charge < -0.3 is 4.90 Å². The van der Waals surface area contributed by atoms with Gasteiger partial charge in [0.2, 0.25) is 0 Å². The number of thiophene rings is 1. The average molecular weight is 754 g/mol. The van der Waals surface area contributed by atoms with Crippen molar-refractivity contribution in [2.45, 2.75) is 0 Å². The maximum atomic E-state index is 2.49. The van der Waals surface area contributed by atoms with Crippen molar-refractivity contribution < 1.29 is 0 Å². The molecule has 1 heterocycles. The summed E-state index contributed by atoms with van der Waals surface area (Å²) >= 11 is 1.88. The minimum atomic E-state index is 1.12. The minimum absolute atomic E-state index is 1.12. The van der Waals surface area contributed by atoms with Gasteiger partial charge in [-0.15, -0.1) is 11.3 Å². The number of benzene rings is 10. The lowest BCUT2D eigenvalue weighted by atomic mass is 9.76. The van der Waals surface area contributed by atoms with Crippen LogP contribution in [0.1, 0.15) is 0 Å². The summed E-state index contributed by atoms with van der Waals surface area (Å²) in [6.45, 7) is 0. The Morgan fingerprint density at radius 2 is 0.879 bits per heavy atom. The van der Waals surface area contributed by atoms with E-state index in [1.807, 2.05) is 11.3 Å². The van der Waals surface area contributed by atoms with Gasteiger partial charge >= 0.3 is 0 Å². The van der Waals surface area contributed by atoms with Gasteiger partial charge in [-0.25, -0.2) is 0 Å². The molecule has 0 spiro atoms. The molecular formula is C56H35NS. The topological polar surface area (TPSA) is 3.24 Å². The zero-order valence-electron chi connectivity index (χ0n) is 31.6. The highest BCUT2D eigenvalue weighted by atomic mass is 32.1. The van der Waals surface area contributed by atoms with E-state index in [1.165, 1.54) is 103 Å². The Hall–Kier alpha value is -7.26. The highest BCUT2D eigenvalue weighted by molar-refractivity contribution is 7.26. The van der Waals surface area contributed by atoms with Crippen molar-refractivity contribution in [3.8, 4) is 55.6 Å². The number of hydrogen-bond donors (Lipinski definition) is 0. The van der Waals surface area contributed by atoms with Crippen molar-refractivity contribution >= 4 is 70.1 Å². The number of nitrogens with zero attached hydrogens (tertiary/aromatic N) is 1. The standard InChI is InChI=1S/C56H35NS/c1-3-12-36(13-4-1)38-24-28-44(29-25-38)57(45-30-26-39(27-31-45)47-19-11-20-49-48-18-9-10-21-53(48)58-56(47)49)55-46-17-8-7-16-42(46)34-51-50-33-41-23-22-40(37-14-5-2-6-15-37)32-43(41)35-52(50)54(51)55/h1-35H. The van der Waals surface area contributed by atoms with Crippen molar-refractivity contribution in [3.05, 3.63) is 212 Å². The van der Waals surface area contributed by atoms with Gasteiger partial charge in [-0.3, -0.25) is 0 Å². The normalized spacial score (nSPS) is 11.8. The van der Waals surface area contributed by atoms with Gasteiger partial charge in [0.15, 0.2) is 0 Å². The Kier molecular flexibility index (Phi) is 7.47. The third-order valence-electron chi connectivity index (χ3n) is 12.0. The number of hydrogen-bond acceptors (Lipinski definition) is 2. The molecular weight excluding hydrogens is 719 g/mol. The SMILES string of the molecule is c1ccc(-c2ccc(N(c3ccc(-c4cccc5c4sc4ccccc45)cc3)c3c4c(cc5ccccc35)-c3cc5ccc(-c6ccccc6)cc5cc3-4)cc2)cc1. The summed E-state index contributed by atoms with van der Waals surface area (Å²) in [4.78, 5) is 2.49. The van der Waals surface area contributed by atoms with Crippen LogP contribution < -0.4 is 4.90 Å². The molecule has 1 nitrogen and oxygen atoms in total. The van der Waals surface area contributed by atoms with Crippen LogP contribution >= 0.6 is 11.3 Å². The Morgan fingerprint density at radius 3 is 1.64 bits per heavy atom. The molecule has 1 aliphatic carbocycles. The van der Waals surface area contributed by atoms with Crippen molar-refractivity contribution in [1.82, 2.24) is 0 Å². The highest BCUT2D eigenvalue weighted by Gasteiger charge is 2.31. The Bertz CT molecular complexity index is 3360. The molecule has 0 bridgehead atoms. The molecule has 1 aliphatic rings. The van der Waals surface area contributed by atoms with E-state index in [2.05, 4.69) is 217 Å². The first-order valence-electron chi connectivity index (χ1n) is 19.9. The van der Waals surface area contributed by atoms with Crippen LogP contribution in [0.25, 0.3) is 97.4 Å². The second kappa shape index (κ2) is 13.2. The predicted molar refractivity (Wildman–Crippen MR) is 250 cm³/mol. The molecule has 12 rings (SSSR count). The lowest BCUT2D eigenvalue weighted by Crippen LogP contribution is -2.15. The average Bonchev–Trinajstić information content (AvgIpc) is 3.68. The maximum Gasteiger partial charge on any atom is 0.0624 e. The van der Waals surface area contributed by atoms with Crippen LogP contribution in [0, 0.1) is 0 Å². The Labute approximate surface area is 341 Å². The van der Waals surface area contributed by atoms with Crippen molar-refractivity contribution in [3.63, 3.8) is 0 Å². The molecule has 0 atom stereocenters. The molecule has 0 saturated heterocycles. The first-order valence-corrected chi connectivity index (χ1v) is 20.7. The van der Waals surface area contributed by atoms with Crippen molar-refractivity contribution in [2.24, 2.45) is 0 Å². The Morgan fingerprint density at radius 1 is 0.310 bits per heavy atom. The lowest BCUT2D eigenvalue weighted by molar-refractivity contribution is 1.29. The van der Waals surface area contributed by atoms with Gasteiger partial charge in [-0.2, -0.15) is 0 Å². The van der Waals surface area contributed by atoms with Crippen LogP contribution in [-0.4, -0.2) is 0 Å². The van der Waals surface area contributed by atoms with E-state index in [4.69, 9.17) is 0 Å². The van der Waals surface area contributed by atoms with Gasteiger partial charge in [0.05, 0.1) is 5.69 Å². The molecule has 0 amide bonds. The van der Waals surface area contributed by atoms with E-state index in [1.54, 1.807) is 0 Å². The van der Waals surface area contributed by atoms with E-state index in [0.717, 1.165) is 11.4 Å². The van der Waals surface area contributed by atoms with E-state index in [9.17, 15) is 0 Å². The summed E-state index contributed by atoms with van der Waals surface area (Å²) in [5.41, 5.74) is 16.0. The number of fused-ring (bicyclic) bond motifs is 9. The van der Waals surface area contributed by atoms with Gasteiger partial charge in [0, 0.05) is 42.5 Å². The summed E-state index contributed by atoms with van der Waals surface area (Å²) in [7, 11) is 0. The molecule has 0 N–H and O–H groups in total. The minimum Gasteiger partial charge on any atom is -0.309 e. The maximum absolute atomic E-state index is 2.49.